The first-order valence-corrected chi connectivity index (χ1v) is 6.61. The number of nitrogens with one attached hydrogen (secondary N) is 1. The minimum Gasteiger partial charge on any atom is -0.317 e. The van der Waals surface area contributed by atoms with E-state index in [9.17, 15) is 0 Å². The highest BCUT2D eigenvalue weighted by atomic mass is 15.2. The zero-order chi connectivity index (χ0) is 11.3. The molecule has 2 nitrogen and oxygen atoms in total. The third-order valence-corrected chi connectivity index (χ3v) is 3.72. The van der Waals surface area contributed by atoms with E-state index in [-0.39, 0.29) is 0 Å². The first-order valence-electron chi connectivity index (χ1n) is 6.61. The highest BCUT2D eigenvalue weighted by Crippen LogP contribution is 2.24. The average Bonchev–Trinajstić information content (AvgIpc) is 2.22. The molecule has 15 heavy (non-hydrogen) atoms. The summed E-state index contributed by atoms with van der Waals surface area (Å²) in [5, 5.41) is 3.42. The first-order chi connectivity index (χ1) is 7.15. The van der Waals surface area contributed by atoms with Crippen molar-refractivity contribution in [3.8, 4) is 0 Å². The number of nitrogens with zero attached hydrogens (tertiary/aromatic N) is 1. The van der Waals surface area contributed by atoms with Crippen molar-refractivity contribution in [2.24, 2.45) is 5.92 Å². The standard InChI is InChI=1S/C13H28N2/c1-5-14-9-8-13(4)15-10-11(2)6-7-12(15)3/h11-14H,5-10H2,1-4H3. The summed E-state index contributed by atoms with van der Waals surface area (Å²) in [7, 11) is 0. The molecule has 3 atom stereocenters. The van der Waals surface area contributed by atoms with Crippen LogP contribution in [-0.4, -0.2) is 36.6 Å². The van der Waals surface area contributed by atoms with Gasteiger partial charge < -0.3 is 5.32 Å². The van der Waals surface area contributed by atoms with Crippen LogP contribution < -0.4 is 5.32 Å². The van der Waals surface area contributed by atoms with Gasteiger partial charge >= 0.3 is 0 Å². The van der Waals surface area contributed by atoms with Crippen LogP contribution in [0.25, 0.3) is 0 Å². The summed E-state index contributed by atoms with van der Waals surface area (Å²) < 4.78 is 0. The van der Waals surface area contributed by atoms with Gasteiger partial charge in [0, 0.05) is 18.6 Å². The largest absolute Gasteiger partial charge is 0.317 e. The summed E-state index contributed by atoms with van der Waals surface area (Å²) in [6, 6.07) is 1.53. The predicted octanol–water partition coefficient (Wildman–Crippen LogP) is 2.49. The van der Waals surface area contributed by atoms with Crippen LogP contribution in [-0.2, 0) is 0 Å². The monoisotopic (exact) mass is 212 g/mol. The first kappa shape index (κ1) is 13.0. The summed E-state index contributed by atoms with van der Waals surface area (Å²) >= 11 is 0. The van der Waals surface area contributed by atoms with E-state index in [0.717, 1.165) is 31.1 Å². The lowest BCUT2D eigenvalue weighted by Gasteiger charge is -2.41. The Hall–Kier alpha value is -0.0800. The minimum atomic E-state index is 0.738. The van der Waals surface area contributed by atoms with E-state index in [1.54, 1.807) is 0 Å². The van der Waals surface area contributed by atoms with E-state index in [1.807, 2.05) is 0 Å². The van der Waals surface area contributed by atoms with Crippen molar-refractivity contribution in [1.82, 2.24) is 10.2 Å². The van der Waals surface area contributed by atoms with Gasteiger partial charge in [-0.2, -0.15) is 0 Å². The van der Waals surface area contributed by atoms with Crippen LogP contribution in [0.1, 0.15) is 47.0 Å². The fourth-order valence-corrected chi connectivity index (χ4v) is 2.59. The van der Waals surface area contributed by atoms with E-state index in [1.165, 1.54) is 25.8 Å². The summed E-state index contributed by atoms with van der Waals surface area (Å²) in [4.78, 5) is 2.70. The normalized spacial score (nSPS) is 30.4. The maximum absolute atomic E-state index is 3.42. The van der Waals surface area contributed by atoms with Crippen molar-refractivity contribution >= 4 is 0 Å². The van der Waals surface area contributed by atoms with Crippen molar-refractivity contribution in [3.05, 3.63) is 0 Å². The molecule has 1 saturated heterocycles. The Morgan fingerprint density at radius 3 is 2.73 bits per heavy atom. The van der Waals surface area contributed by atoms with Crippen LogP contribution >= 0.6 is 0 Å². The summed E-state index contributed by atoms with van der Waals surface area (Å²) in [6.45, 7) is 12.9. The van der Waals surface area contributed by atoms with Gasteiger partial charge in [-0.25, -0.2) is 0 Å². The van der Waals surface area contributed by atoms with Gasteiger partial charge in [0.05, 0.1) is 0 Å². The molecule has 0 aromatic rings. The highest BCUT2D eigenvalue weighted by molar-refractivity contribution is 4.81. The van der Waals surface area contributed by atoms with Crippen molar-refractivity contribution in [3.63, 3.8) is 0 Å². The van der Waals surface area contributed by atoms with E-state index in [2.05, 4.69) is 37.9 Å². The molecule has 1 aliphatic rings. The second kappa shape index (κ2) is 6.49. The quantitative estimate of drug-likeness (QED) is 0.704. The summed E-state index contributed by atoms with van der Waals surface area (Å²) in [5.41, 5.74) is 0. The Balaban J connectivity index is 2.32. The van der Waals surface area contributed by atoms with Crippen LogP contribution in [0.2, 0.25) is 0 Å². The van der Waals surface area contributed by atoms with Crippen molar-refractivity contribution in [2.45, 2.75) is 59.0 Å². The molecule has 0 spiro atoms. The third-order valence-electron chi connectivity index (χ3n) is 3.72. The predicted molar refractivity (Wildman–Crippen MR) is 67.2 cm³/mol. The van der Waals surface area contributed by atoms with E-state index in [0.29, 0.717) is 0 Å². The Bertz CT molecular complexity index is 170. The van der Waals surface area contributed by atoms with Gasteiger partial charge in [-0.3, -0.25) is 4.90 Å². The van der Waals surface area contributed by atoms with Crippen molar-refractivity contribution in [2.75, 3.05) is 19.6 Å². The molecular formula is C13H28N2. The molecule has 0 bridgehead atoms. The Kier molecular flexibility index (Phi) is 5.62. The van der Waals surface area contributed by atoms with Gasteiger partial charge in [-0.05, 0) is 52.1 Å². The lowest BCUT2D eigenvalue weighted by molar-refractivity contribution is 0.0807. The molecule has 2 heteroatoms. The topological polar surface area (TPSA) is 15.3 Å². The maximum Gasteiger partial charge on any atom is 0.00819 e. The van der Waals surface area contributed by atoms with Crippen LogP contribution in [0.3, 0.4) is 0 Å². The Morgan fingerprint density at radius 2 is 2.07 bits per heavy atom. The molecule has 1 rings (SSSR count). The smallest absolute Gasteiger partial charge is 0.00819 e. The molecule has 0 saturated carbocycles. The second-order valence-corrected chi connectivity index (χ2v) is 5.22. The fraction of sp³-hybridized carbons (Fsp3) is 1.00. The van der Waals surface area contributed by atoms with Gasteiger partial charge in [-0.15, -0.1) is 0 Å². The van der Waals surface area contributed by atoms with Crippen LogP contribution in [0.5, 0.6) is 0 Å². The number of rotatable bonds is 5. The van der Waals surface area contributed by atoms with Crippen molar-refractivity contribution < 1.29 is 0 Å². The number of piperidine rings is 1. The number of hydrogen-bond donors (Lipinski definition) is 1. The van der Waals surface area contributed by atoms with Crippen LogP contribution in [0, 0.1) is 5.92 Å². The van der Waals surface area contributed by atoms with Gasteiger partial charge in [-0.1, -0.05) is 13.8 Å². The molecule has 1 aliphatic heterocycles. The summed E-state index contributed by atoms with van der Waals surface area (Å²) in [6.07, 6.45) is 4.08. The molecule has 1 heterocycles. The Morgan fingerprint density at radius 1 is 1.33 bits per heavy atom. The molecule has 0 amide bonds. The van der Waals surface area contributed by atoms with E-state index >= 15 is 0 Å². The van der Waals surface area contributed by atoms with E-state index in [4.69, 9.17) is 0 Å². The molecule has 1 fully saturated rings. The minimum absolute atomic E-state index is 0.738. The SMILES string of the molecule is CCNCCC(C)N1CC(C)CCC1C. The number of likely N-dealkylation sites (tertiary alicyclic amines) is 1. The second-order valence-electron chi connectivity index (χ2n) is 5.22. The van der Waals surface area contributed by atoms with Gasteiger partial charge in [0.2, 0.25) is 0 Å². The molecule has 0 aliphatic carbocycles. The van der Waals surface area contributed by atoms with Crippen LogP contribution in [0.4, 0.5) is 0 Å². The van der Waals surface area contributed by atoms with Crippen molar-refractivity contribution in [1.29, 1.82) is 0 Å². The van der Waals surface area contributed by atoms with Gasteiger partial charge in [0.1, 0.15) is 0 Å². The van der Waals surface area contributed by atoms with Crippen LogP contribution in [0.15, 0.2) is 0 Å². The maximum atomic E-state index is 3.42. The molecule has 0 aromatic heterocycles. The van der Waals surface area contributed by atoms with E-state index < -0.39 is 0 Å². The lowest BCUT2D eigenvalue weighted by atomic mass is 9.93. The highest BCUT2D eigenvalue weighted by Gasteiger charge is 2.26. The fourth-order valence-electron chi connectivity index (χ4n) is 2.59. The molecule has 90 valence electrons. The number of hydrogen-bond acceptors (Lipinski definition) is 2. The molecule has 0 aromatic carbocycles. The molecule has 0 radical (unpaired) electrons. The Labute approximate surface area is 95.4 Å². The molecule has 3 unspecified atom stereocenters. The third kappa shape index (κ3) is 4.12. The summed E-state index contributed by atoms with van der Waals surface area (Å²) in [5.74, 6) is 0.891. The zero-order valence-corrected chi connectivity index (χ0v) is 10.9. The van der Waals surface area contributed by atoms with Gasteiger partial charge in [0.15, 0.2) is 0 Å². The molecular weight excluding hydrogens is 184 g/mol. The average molecular weight is 212 g/mol. The van der Waals surface area contributed by atoms with Gasteiger partial charge in [0.25, 0.3) is 0 Å². The zero-order valence-electron chi connectivity index (χ0n) is 10.9. The molecule has 1 N–H and O–H groups in total. The lowest BCUT2D eigenvalue weighted by Crippen LogP contribution is -2.47.